The van der Waals surface area contributed by atoms with Crippen LogP contribution in [0.3, 0.4) is 0 Å². The summed E-state index contributed by atoms with van der Waals surface area (Å²) in [7, 11) is 0. The maximum absolute atomic E-state index is 6.79. The molecule has 0 amide bonds. The minimum atomic E-state index is 0.503. The number of nitrogens with zero attached hydrogens (tertiary/aromatic N) is 6. The summed E-state index contributed by atoms with van der Waals surface area (Å²) in [6.45, 7) is 0. The van der Waals surface area contributed by atoms with Crippen LogP contribution in [-0.2, 0) is 0 Å². The summed E-state index contributed by atoms with van der Waals surface area (Å²) < 4.78 is 8.94. The van der Waals surface area contributed by atoms with Gasteiger partial charge in [0.1, 0.15) is 0 Å². The molecule has 0 atom stereocenters. The van der Waals surface area contributed by atoms with Crippen LogP contribution < -0.4 is 9.64 Å². The lowest BCUT2D eigenvalue weighted by Gasteiger charge is -2.32. The van der Waals surface area contributed by atoms with Crippen molar-refractivity contribution in [3.8, 4) is 62.2 Å². The third kappa shape index (κ3) is 4.44. The van der Waals surface area contributed by atoms with Crippen molar-refractivity contribution < 1.29 is 4.74 Å². The van der Waals surface area contributed by atoms with Crippen LogP contribution in [0.4, 0.5) is 17.3 Å². The van der Waals surface area contributed by atoms with Crippen molar-refractivity contribution >= 4 is 50.2 Å². The predicted octanol–water partition coefficient (Wildman–Crippen LogP) is 12.1. The first-order valence-electron chi connectivity index (χ1n) is 18.3. The predicted molar refractivity (Wildman–Crippen MR) is 220 cm³/mol. The van der Waals surface area contributed by atoms with Gasteiger partial charge in [-0.2, -0.15) is 9.97 Å². The normalized spacial score (nSPS) is 12.5. The number of hydrogen-bond donors (Lipinski definition) is 0. The highest BCUT2D eigenvalue weighted by molar-refractivity contribution is 6.12. The van der Waals surface area contributed by atoms with Gasteiger partial charge in [-0.15, -0.1) is 0 Å². The van der Waals surface area contributed by atoms with Crippen molar-refractivity contribution in [2.45, 2.75) is 0 Å². The number of anilines is 3. The molecule has 0 saturated heterocycles. The van der Waals surface area contributed by atoms with Crippen LogP contribution in [0, 0.1) is 0 Å². The highest BCUT2D eigenvalue weighted by atomic mass is 16.5. The lowest BCUT2D eigenvalue weighted by molar-refractivity contribution is 0.477. The van der Waals surface area contributed by atoms with E-state index in [0.717, 1.165) is 83.3 Å². The molecular weight excluding hydrogens is 677 g/mol. The largest absolute Gasteiger partial charge is 0.453 e. The van der Waals surface area contributed by atoms with E-state index in [2.05, 4.69) is 167 Å². The molecule has 7 nitrogen and oxygen atoms in total. The molecule has 3 aromatic heterocycles. The smallest absolute Gasteiger partial charge is 0.237 e. The highest BCUT2D eigenvalue weighted by Gasteiger charge is 2.33. The van der Waals surface area contributed by atoms with E-state index >= 15 is 0 Å². The van der Waals surface area contributed by atoms with Gasteiger partial charge in [-0.3, -0.25) is 9.47 Å². The van der Waals surface area contributed by atoms with E-state index in [1.807, 2.05) is 12.1 Å². The Balaban J connectivity index is 1.12. The summed E-state index contributed by atoms with van der Waals surface area (Å²) in [6, 6.07) is 58.5. The third-order valence-electron chi connectivity index (χ3n) is 10.8. The van der Waals surface area contributed by atoms with Gasteiger partial charge in [-0.1, -0.05) is 133 Å². The Hall–Kier alpha value is -7.64. The molecule has 4 heterocycles. The quantitative estimate of drug-likeness (QED) is 0.182. The molecule has 2 aliphatic rings. The van der Waals surface area contributed by atoms with Gasteiger partial charge >= 0.3 is 0 Å². The molecule has 1 aliphatic carbocycles. The van der Waals surface area contributed by atoms with Gasteiger partial charge in [0, 0.05) is 21.9 Å². The Kier molecular flexibility index (Phi) is 6.21. The van der Waals surface area contributed by atoms with Gasteiger partial charge < -0.3 is 4.74 Å². The van der Waals surface area contributed by atoms with E-state index in [1.54, 1.807) is 0 Å². The fourth-order valence-electron chi connectivity index (χ4n) is 8.28. The molecule has 10 aromatic rings. The highest BCUT2D eigenvalue weighted by Crippen LogP contribution is 2.53. The van der Waals surface area contributed by atoms with Crippen LogP contribution in [-0.4, -0.2) is 24.5 Å². The minimum Gasteiger partial charge on any atom is -0.453 e. The molecule has 0 radical (unpaired) electrons. The second-order valence-corrected chi connectivity index (χ2v) is 13.9. The minimum absolute atomic E-state index is 0.503. The standard InChI is InChI=1S/C48H28N6O/c1-3-13-29(14-4-1)31-23-25-39-41(27-31)55-42-28-32(30-15-5-2-6-16-30)24-26-40(42)54(39)48-50-45-36-20-8-7-19-35(36)44-43(45)46(52-48)51-47(49-44)53-37-21-11-9-17-33(37)34-18-10-12-22-38(34)53/h1-28H. The van der Waals surface area contributed by atoms with E-state index in [-0.39, 0.29) is 0 Å². The molecule has 0 fully saturated rings. The maximum Gasteiger partial charge on any atom is 0.237 e. The van der Waals surface area contributed by atoms with Crippen molar-refractivity contribution in [2.75, 3.05) is 4.90 Å². The van der Waals surface area contributed by atoms with Crippen molar-refractivity contribution in [1.29, 1.82) is 0 Å². The number of aromatic nitrogens is 5. The van der Waals surface area contributed by atoms with Crippen molar-refractivity contribution in [3.63, 3.8) is 0 Å². The topological polar surface area (TPSA) is 69.0 Å². The number of para-hydroxylation sites is 2. The molecule has 256 valence electrons. The van der Waals surface area contributed by atoms with Gasteiger partial charge in [-0.05, 0) is 58.7 Å². The molecular formula is C48H28N6O. The first-order valence-corrected chi connectivity index (χ1v) is 18.3. The second kappa shape index (κ2) is 11.4. The van der Waals surface area contributed by atoms with E-state index in [9.17, 15) is 0 Å². The molecule has 55 heavy (non-hydrogen) atoms. The average molecular weight is 705 g/mol. The lowest BCUT2D eigenvalue weighted by atomic mass is 10.0. The number of hydrogen-bond acceptors (Lipinski definition) is 6. The lowest BCUT2D eigenvalue weighted by Crippen LogP contribution is -2.19. The third-order valence-corrected chi connectivity index (χ3v) is 10.8. The van der Waals surface area contributed by atoms with Gasteiger partial charge in [-0.25, -0.2) is 9.97 Å². The first-order chi connectivity index (χ1) is 27.3. The summed E-state index contributed by atoms with van der Waals surface area (Å²) in [5, 5.41) is 3.14. The zero-order valence-electron chi connectivity index (χ0n) is 29.3. The van der Waals surface area contributed by atoms with Crippen molar-refractivity contribution in [2.24, 2.45) is 0 Å². The fraction of sp³-hybridized carbons (Fsp3) is 0. The maximum atomic E-state index is 6.79. The molecule has 0 spiro atoms. The summed E-state index contributed by atoms with van der Waals surface area (Å²) >= 11 is 0. The van der Waals surface area contributed by atoms with Crippen LogP contribution in [0.25, 0.3) is 83.6 Å². The molecule has 0 N–H and O–H groups in total. The zero-order chi connectivity index (χ0) is 36.0. The Morgan fingerprint density at radius 3 is 1.44 bits per heavy atom. The Morgan fingerprint density at radius 1 is 0.400 bits per heavy atom. The van der Waals surface area contributed by atoms with Crippen LogP contribution >= 0.6 is 0 Å². The van der Waals surface area contributed by atoms with Crippen molar-refractivity contribution in [3.05, 3.63) is 170 Å². The van der Waals surface area contributed by atoms with Gasteiger partial charge in [0.2, 0.25) is 11.9 Å². The summed E-state index contributed by atoms with van der Waals surface area (Å²) in [5.41, 5.74) is 12.3. The van der Waals surface area contributed by atoms with Gasteiger partial charge in [0.25, 0.3) is 0 Å². The second-order valence-electron chi connectivity index (χ2n) is 13.9. The number of ether oxygens (including phenoxy) is 1. The number of fused-ring (bicyclic) bond motifs is 8. The molecule has 7 heteroatoms. The molecule has 0 saturated carbocycles. The summed E-state index contributed by atoms with van der Waals surface area (Å²) in [5.74, 6) is 2.50. The van der Waals surface area contributed by atoms with Crippen LogP contribution in [0.2, 0.25) is 0 Å². The van der Waals surface area contributed by atoms with Gasteiger partial charge in [0.15, 0.2) is 17.1 Å². The number of rotatable bonds is 4. The average Bonchev–Trinajstić information content (AvgIpc) is 3.76. The monoisotopic (exact) mass is 704 g/mol. The Labute approximate surface area is 315 Å². The Bertz CT molecular complexity index is 3050. The molecule has 12 rings (SSSR count). The molecule has 0 bridgehead atoms. The molecule has 7 aromatic carbocycles. The molecule has 0 unspecified atom stereocenters. The SMILES string of the molecule is c1ccc(-c2ccc3c(c2)Oc2cc(-c4ccccc4)ccc2N3c2nc3c4c(nc(-n5c6ccccc6c6ccccc65)nc4n2)-c2ccccc2-3)cc1. The van der Waals surface area contributed by atoms with E-state index in [1.165, 1.54) is 0 Å². The first kappa shape index (κ1) is 29.9. The summed E-state index contributed by atoms with van der Waals surface area (Å²) in [4.78, 5) is 23.4. The van der Waals surface area contributed by atoms with Crippen molar-refractivity contribution in [1.82, 2.24) is 24.5 Å². The van der Waals surface area contributed by atoms with Gasteiger partial charge in [0.05, 0.1) is 39.2 Å². The van der Waals surface area contributed by atoms with E-state index in [4.69, 9.17) is 24.7 Å². The van der Waals surface area contributed by atoms with Crippen LogP contribution in [0.15, 0.2) is 170 Å². The fourth-order valence-corrected chi connectivity index (χ4v) is 8.28. The summed E-state index contributed by atoms with van der Waals surface area (Å²) in [6.07, 6.45) is 0. The molecule has 1 aliphatic heterocycles. The van der Waals surface area contributed by atoms with E-state index in [0.29, 0.717) is 29.0 Å². The van der Waals surface area contributed by atoms with E-state index < -0.39 is 0 Å². The van der Waals surface area contributed by atoms with Crippen LogP contribution in [0.1, 0.15) is 0 Å². The van der Waals surface area contributed by atoms with Crippen LogP contribution in [0.5, 0.6) is 11.5 Å². The zero-order valence-corrected chi connectivity index (χ0v) is 29.3. The Morgan fingerprint density at radius 2 is 0.873 bits per heavy atom. The number of benzene rings is 7.